The molecule has 5 nitrogen and oxygen atoms in total. The fourth-order valence-corrected chi connectivity index (χ4v) is 5.89. The number of halogens is 1. The maximum Gasteiger partial charge on any atom is 0.247 e. The number of hydrogen-bond donors (Lipinski definition) is 0. The molecule has 42 heavy (non-hydrogen) atoms. The second kappa shape index (κ2) is 11.5. The number of carbonyl (C=O) groups excluding carboxylic acids is 2. The maximum atomic E-state index is 14.5. The van der Waals surface area contributed by atoms with E-state index in [1.807, 2.05) is 117 Å². The van der Waals surface area contributed by atoms with Crippen molar-refractivity contribution in [2.75, 3.05) is 11.4 Å². The number of amides is 2. The van der Waals surface area contributed by atoms with E-state index in [9.17, 15) is 14.0 Å². The van der Waals surface area contributed by atoms with Crippen molar-refractivity contribution in [1.29, 1.82) is 0 Å². The summed E-state index contributed by atoms with van der Waals surface area (Å²) in [5, 5.41) is 0. The predicted molar refractivity (Wildman–Crippen MR) is 163 cm³/mol. The highest BCUT2D eigenvalue weighted by atomic mass is 19.1. The van der Waals surface area contributed by atoms with Crippen molar-refractivity contribution in [3.8, 4) is 5.69 Å². The molecular formula is C36H32FN3O2. The molecule has 0 aliphatic carbocycles. The van der Waals surface area contributed by atoms with Gasteiger partial charge in [0.2, 0.25) is 11.8 Å². The summed E-state index contributed by atoms with van der Waals surface area (Å²) >= 11 is 0. The highest BCUT2D eigenvalue weighted by Gasteiger charge is 2.38. The summed E-state index contributed by atoms with van der Waals surface area (Å²) in [6, 6.07) is 36.6. The number of para-hydroxylation sites is 2. The number of aromatic nitrogens is 1. The van der Waals surface area contributed by atoms with Gasteiger partial charge in [0.15, 0.2) is 0 Å². The summed E-state index contributed by atoms with van der Waals surface area (Å²) in [6.07, 6.45) is 1.97. The third-order valence-electron chi connectivity index (χ3n) is 7.90. The largest absolute Gasteiger partial charge is 0.330 e. The van der Waals surface area contributed by atoms with Crippen LogP contribution in [-0.2, 0) is 9.59 Å². The molecule has 0 fully saturated rings. The van der Waals surface area contributed by atoms with Gasteiger partial charge in [-0.05, 0) is 66.9 Å². The third-order valence-corrected chi connectivity index (χ3v) is 7.90. The molecule has 1 aliphatic heterocycles. The van der Waals surface area contributed by atoms with Gasteiger partial charge >= 0.3 is 0 Å². The van der Waals surface area contributed by atoms with E-state index in [1.54, 1.807) is 21.9 Å². The molecule has 1 atom stereocenters. The molecular weight excluding hydrogens is 525 g/mol. The monoisotopic (exact) mass is 557 g/mol. The van der Waals surface area contributed by atoms with E-state index < -0.39 is 12.0 Å². The van der Waals surface area contributed by atoms with Crippen LogP contribution >= 0.6 is 0 Å². The molecule has 1 aromatic heterocycles. The van der Waals surface area contributed by atoms with Crippen molar-refractivity contribution in [3.05, 3.63) is 156 Å². The molecule has 0 radical (unpaired) electrons. The Morgan fingerprint density at radius 3 is 1.90 bits per heavy atom. The van der Waals surface area contributed by atoms with E-state index in [2.05, 4.69) is 4.57 Å². The zero-order valence-electron chi connectivity index (χ0n) is 23.6. The van der Waals surface area contributed by atoms with E-state index in [4.69, 9.17) is 0 Å². The van der Waals surface area contributed by atoms with Crippen LogP contribution < -0.4 is 4.90 Å². The summed E-state index contributed by atoms with van der Waals surface area (Å²) in [7, 11) is 0. The molecule has 0 saturated heterocycles. The first-order valence-electron chi connectivity index (χ1n) is 14.2. The molecule has 2 amide bonds. The van der Waals surface area contributed by atoms with Gasteiger partial charge in [0.1, 0.15) is 18.4 Å². The van der Waals surface area contributed by atoms with Crippen LogP contribution in [0.4, 0.5) is 10.1 Å². The van der Waals surface area contributed by atoms with Crippen molar-refractivity contribution >= 4 is 17.5 Å². The van der Waals surface area contributed by atoms with E-state index in [1.165, 1.54) is 12.1 Å². The van der Waals surface area contributed by atoms with Gasteiger partial charge in [0.25, 0.3) is 0 Å². The SMILES string of the molecule is CC(C)N(CC(=O)N1c2ccccc2-n2cccc2[C@H]1c1ccc(F)cc1)C(=O)C(c1ccccc1)c1ccccc1. The lowest BCUT2D eigenvalue weighted by Crippen LogP contribution is -2.49. The molecule has 0 bridgehead atoms. The predicted octanol–water partition coefficient (Wildman–Crippen LogP) is 7.12. The Bertz CT molecular complexity index is 1660. The van der Waals surface area contributed by atoms with Crippen molar-refractivity contribution in [3.63, 3.8) is 0 Å². The van der Waals surface area contributed by atoms with E-state index >= 15 is 0 Å². The second-order valence-electron chi connectivity index (χ2n) is 10.8. The number of hydrogen-bond acceptors (Lipinski definition) is 2. The van der Waals surface area contributed by atoms with Crippen molar-refractivity contribution < 1.29 is 14.0 Å². The highest BCUT2D eigenvalue weighted by Crippen LogP contribution is 2.42. The number of benzene rings is 4. The summed E-state index contributed by atoms with van der Waals surface area (Å²) < 4.78 is 16.0. The average molecular weight is 558 g/mol. The molecule has 0 unspecified atom stereocenters. The molecule has 1 aliphatic rings. The van der Waals surface area contributed by atoms with E-state index in [0.29, 0.717) is 0 Å². The van der Waals surface area contributed by atoms with Crippen molar-refractivity contribution in [1.82, 2.24) is 9.47 Å². The smallest absolute Gasteiger partial charge is 0.247 e. The number of fused-ring (bicyclic) bond motifs is 3. The minimum atomic E-state index is -0.554. The topological polar surface area (TPSA) is 45.6 Å². The molecule has 0 spiro atoms. The Balaban J connectivity index is 1.41. The van der Waals surface area contributed by atoms with Crippen molar-refractivity contribution in [2.45, 2.75) is 31.8 Å². The minimum absolute atomic E-state index is 0.112. The first-order valence-corrected chi connectivity index (χ1v) is 14.2. The quantitative estimate of drug-likeness (QED) is 0.214. The zero-order chi connectivity index (χ0) is 29.2. The van der Waals surface area contributed by atoms with Crippen molar-refractivity contribution in [2.24, 2.45) is 0 Å². The van der Waals surface area contributed by atoms with Crippen LogP contribution in [0.2, 0.25) is 0 Å². The second-order valence-corrected chi connectivity index (χ2v) is 10.8. The Kier molecular flexibility index (Phi) is 7.44. The molecule has 2 heterocycles. The normalized spacial score (nSPS) is 14.0. The molecule has 0 saturated carbocycles. The molecule has 6 rings (SSSR count). The standard InChI is InChI=1S/C36H32FN3O2/c1-25(2)39(36(42)34(26-12-5-3-6-13-26)27-14-7-4-8-15-27)24-33(41)40-31-17-10-9-16-30(31)38-23-11-18-32(38)35(40)28-19-21-29(37)22-20-28/h3-23,25,34-35H,24H2,1-2H3/t35-/m1/s1. The first-order chi connectivity index (χ1) is 20.4. The molecule has 6 heteroatoms. The average Bonchev–Trinajstić information content (AvgIpc) is 3.51. The van der Waals surface area contributed by atoms with Gasteiger partial charge in [-0.3, -0.25) is 14.5 Å². The molecule has 4 aromatic carbocycles. The highest BCUT2D eigenvalue weighted by molar-refractivity contribution is 6.01. The van der Waals surface area contributed by atoms with Crippen LogP contribution in [0.5, 0.6) is 0 Å². The molecule has 210 valence electrons. The summed E-state index contributed by atoms with van der Waals surface area (Å²) in [6.45, 7) is 3.76. The summed E-state index contributed by atoms with van der Waals surface area (Å²) in [5.74, 6) is -1.25. The Hall–Kier alpha value is -4.97. The number of anilines is 1. The van der Waals surface area contributed by atoms with E-state index in [0.717, 1.165) is 33.8 Å². The van der Waals surface area contributed by atoms with Gasteiger partial charge in [-0.2, -0.15) is 0 Å². The molecule has 5 aromatic rings. The number of rotatable bonds is 7. The lowest BCUT2D eigenvalue weighted by Gasteiger charge is -2.40. The van der Waals surface area contributed by atoms with Crippen LogP contribution in [0, 0.1) is 5.82 Å². The van der Waals surface area contributed by atoms with Gasteiger partial charge in [-0.15, -0.1) is 0 Å². The Morgan fingerprint density at radius 2 is 1.31 bits per heavy atom. The van der Waals surface area contributed by atoms with Crippen LogP contribution in [-0.4, -0.2) is 33.9 Å². The summed E-state index contributed by atoms with van der Waals surface area (Å²) in [4.78, 5) is 32.3. The fourth-order valence-electron chi connectivity index (χ4n) is 5.89. The van der Waals surface area contributed by atoms with Crippen LogP contribution in [0.3, 0.4) is 0 Å². The number of carbonyl (C=O) groups is 2. The van der Waals surface area contributed by atoms with Crippen LogP contribution in [0.15, 0.2) is 128 Å². The Morgan fingerprint density at radius 1 is 0.738 bits per heavy atom. The number of nitrogens with zero attached hydrogens (tertiary/aromatic N) is 3. The maximum absolute atomic E-state index is 14.5. The molecule has 0 N–H and O–H groups in total. The van der Waals surface area contributed by atoms with Crippen LogP contribution in [0.1, 0.15) is 48.2 Å². The minimum Gasteiger partial charge on any atom is -0.330 e. The van der Waals surface area contributed by atoms with Gasteiger partial charge in [0.05, 0.1) is 23.0 Å². The van der Waals surface area contributed by atoms with Gasteiger partial charge in [-0.25, -0.2) is 4.39 Å². The lowest BCUT2D eigenvalue weighted by atomic mass is 9.89. The van der Waals surface area contributed by atoms with Gasteiger partial charge < -0.3 is 9.47 Å². The zero-order valence-corrected chi connectivity index (χ0v) is 23.6. The fraction of sp³-hybridized carbons (Fsp3) is 0.167. The van der Waals surface area contributed by atoms with E-state index in [-0.39, 0.29) is 30.2 Å². The Labute approximate surface area is 245 Å². The summed E-state index contributed by atoms with van der Waals surface area (Å²) in [5.41, 5.74) is 5.03. The van der Waals surface area contributed by atoms with Crippen LogP contribution in [0.25, 0.3) is 5.69 Å². The lowest BCUT2D eigenvalue weighted by molar-refractivity contribution is -0.137. The first kappa shape index (κ1) is 27.2. The van der Waals surface area contributed by atoms with Gasteiger partial charge in [-0.1, -0.05) is 84.9 Å². The van der Waals surface area contributed by atoms with Gasteiger partial charge in [0, 0.05) is 12.2 Å². The third kappa shape index (κ3) is 5.00.